The van der Waals surface area contributed by atoms with Gasteiger partial charge in [-0.2, -0.15) is 13.2 Å². The molecule has 5 rings (SSSR count). The Bertz CT molecular complexity index is 1330. The van der Waals surface area contributed by atoms with E-state index in [0.717, 1.165) is 40.0 Å². The molecule has 2 saturated carbocycles. The number of hydrogen-bond acceptors (Lipinski definition) is 5. The number of nitrogens with one attached hydrogen (secondary N) is 1. The predicted octanol–water partition coefficient (Wildman–Crippen LogP) is 5.60. The number of primary amides is 1. The third kappa shape index (κ3) is 5.30. The summed E-state index contributed by atoms with van der Waals surface area (Å²) in [6.45, 7) is 0. The molecule has 0 radical (unpaired) electrons. The number of carbonyl (C=O) groups excluding carboxylic acids is 2. The van der Waals surface area contributed by atoms with Crippen molar-refractivity contribution in [2.24, 2.45) is 17.6 Å². The van der Waals surface area contributed by atoms with Crippen molar-refractivity contribution in [2.75, 3.05) is 12.4 Å². The van der Waals surface area contributed by atoms with Gasteiger partial charge in [-0.05, 0) is 74.3 Å². The molecule has 38 heavy (non-hydrogen) atoms. The molecule has 200 valence electrons. The average molecular weight is 526 g/mol. The summed E-state index contributed by atoms with van der Waals surface area (Å²) >= 11 is 0. The zero-order valence-corrected chi connectivity index (χ0v) is 21.0. The summed E-state index contributed by atoms with van der Waals surface area (Å²) in [4.78, 5) is 34.2. The summed E-state index contributed by atoms with van der Waals surface area (Å²) in [6, 6.07) is 7.64. The fourth-order valence-corrected chi connectivity index (χ4v) is 5.50. The quantitative estimate of drug-likeness (QED) is 0.418. The second-order valence-electron chi connectivity index (χ2n) is 10.3. The van der Waals surface area contributed by atoms with E-state index in [4.69, 9.17) is 5.73 Å². The molecule has 3 aromatic rings. The first-order valence-corrected chi connectivity index (χ1v) is 12.9. The van der Waals surface area contributed by atoms with E-state index in [1.54, 1.807) is 24.5 Å². The molecular formula is C28H30F3N5O2. The van der Waals surface area contributed by atoms with Crippen LogP contribution in [0.2, 0.25) is 0 Å². The van der Waals surface area contributed by atoms with Gasteiger partial charge in [0.25, 0.3) is 0 Å². The lowest BCUT2D eigenvalue weighted by Crippen LogP contribution is -2.43. The highest BCUT2D eigenvalue weighted by atomic mass is 19.4. The summed E-state index contributed by atoms with van der Waals surface area (Å²) < 4.78 is 42.6. The minimum Gasteiger partial charge on any atom is -0.369 e. The number of nitrogens with two attached hydrogens (primary N) is 1. The number of halogens is 3. The lowest BCUT2D eigenvalue weighted by atomic mass is 9.81. The van der Waals surface area contributed by atoms with Crippen LogP contribution in [0.3, 0.4) is 0 Å². The zero-order chi connectivity index (χ0) is 27.0. The van der Waals surface area contributed by atoms with Crippen LogP contribution in [0.4, 0.5) is 24.5 Å². The van der Waals surface area contributed by atoms with Gasteiger partial charge in [-0.25, -0.2) is 0 Å². The van der Waals surface area contributed by atoms with Gasteiger partial charge in [-0.15, -0.1) is 0 Å². The predicted molar refractivity (Wildman–Crippen MR) is 137 cm³/mol. The molecular weight excluding hydrogens is 495 g/mol. The van der Waals surface area contributed by atoms with Crippen LogP contribution in [-0.2, 0) is 9.59 Å². The number of pyridine rings is 2. The van der Waals surface area contributed by atoms with Crippen LogP contribution >= 0.6 is 0 Å². The molecule has 0 bridgehead atoms. The number of nitrogens with zero attached hydrogens (tertiary/aromatic N) is 3. The number of amides is 2. The maximum absolute atomic E-state index is 14.2. The summed E-state index contributed by atoms with van der Waals surface area (Å²) in [7, 11) is 1.20. The van der Waals surface area contributed by atoms with Gasteiger partial charge >= 0.3 is 6.18 Å². The highest BCUT2D eigenvalue weighted by Gasteiger charge is 2.46. The summed E-state index contributed by atoms with van der Waals surface area (Å²) in [5.41, 5.74) is 9.44. The Kier molecular flexibility index (Phi) is 6.98. The number of rotatable bonds is 7. The normalized spacial score (nSPS) is 20.6. The molecule has 1 atom stereocenters. The van der Waals surface area contributed by atoms with Crippen LogP contribution < -0.4 is 11.1 Å². The second kappa shape index (κ2) is 10.2. The smallest absolute Gasteiger partial charge is 0.369 e. The molecule has 2 heterocycles. The Morgan fingerprint density at radius 1 is 1.00 bits per heavy atom. The molecule has 0 aliphatic heterocycles. The number of anilines is 2. The maximum Gasteiger partial charge on any atom is 0.413 e. The third-order valence-electron chi connectivity index (χ3n) is 7.68. The highest BCUT2D eigenvalue weighted by molar-refractivity contribution is 5.85. The first kappa shape index (κ1) is 25.9. The molecule has 2 fully saturated rings. The summed E-state index contributed by atoms with van der Waals surface area (Å²) in [5.74, 6) is -1.50. The van der Waals surface area contributed by atoms with E-state index >= 15 is 0 Å². The highest BCUT2D eigenvalue weighted by Crippen LogP contribution is 2.46. The minimum absolute atomic E-state index is 0.0227. The van der Waals surface area contributed by atoms with Crippen LogP contribution in [0.25, 0.3) is 11.0 Å². The molecule has 7 nitrogen and oxygen atoms in total. The second-order valence-corrected chi connectivity index (χ2v) is 10.3. The minimum atomic E-state index is -4.66. The fraction of sp³-hybridized carbons (Fsp3) is 0.429. The number of fused-ring (bicyclic) bond motifs is 1. The van der Waals surface area contributed by atoms with Crippen LogP contribution in [0.1, 0.15) is 61.6 Å². The van der Waals surface area contributed by atoms with Gasteiger partial charge in [0.1, 0.15) is 0 Å². The van der Waals surface area contributed by atoms with E-state index in [1.807, 2.05) is 12.1 Å². The number of alkyl halides is 3. The van der Waals surface area contributed by atoms with E-state index in [-0.39, 0.29) is 11.5 Å². The van der Waals surface area contributed by atoms with E-state index < -0.39 is 30.0 Å². The molecule has 1 aromatic carbocycles. The maximum atomic E-state index is 14.2. The molecule has 3 N–H and O–H groups in total. The zero-order valence-electron chi connectivity index (χ0n) is 21.0. The number of aromatic nitrogens is 2. The van der Waals surface area contributed by atoms with E-state index in [2.05, 4.69) is 15.3 Å². The summed E-state index contributed by atoms with van der Waals surface area (Å²) in [6.07, 6.45) is 2.46. The fourth-order valence-electron chi connectivity index (χ4n) is 5.50. The molecule has 2 aliphatic rings. The van der Waals surface area contributed by atoms with Gasteiger partial charge < -0.3 is 16.0 Å². The molecule has 0 spiro atoms. The first-order valence-electron chi connectivity index (χ1n) is 12.9. The van der Waals surface area contributed by atoms with Crippen molar-refractivity contribution in [3.63, 3.8) is 0 Å². The summed E-state index contributed by atoms with van der Waals surface area (Å²) in [5, 5.41) is 3.31. The van der Waals surface area contributed by atoms with E-state index in [0.29, 0.717) is 37.3 Å². The van der Waals surface area contributed by atoms with Gasteiger partial charge in [0.15, 0.2) is 6.04 Å². The van der Waals surface area contributed by atoms with Crippen LogP contribution in [0, 0.1) is 11.8 Å². The van der Waals surface area contributed by atoms with Crippen LogP contribution in [0.15, 0.2) is 48.8 Å². The van der Waals surface area contributed by atoms with Crippen molar-refractivity contribution in [3.8, 4) is 0 Å². The van der Waals surface area contributed by atoms with Gasteiger partial charge in [-0.1, -0.05) is 12.1 Å². The van der Waals surface area contributed by atoms with Crippen molar-refractivity contribution < 1.29 is 22.8 Å². The Morgan fingerprint density at radius 2 is 1.66 bits per heavy atom. The SMILES string of the molecule is CN(C(=O)C1CCC(C(N)=O)CC1)[C@@H](c1ccc(Nc2cnc3cccnc3c2C2CC2)cc1)C(F)(F)F. The Morgan fingerprint density at radius 3 is 2.26 bits per heavy atom. The molecule has 2 aromatic heterocycles. The lowest BCUT2D eigenvalue weighted by molar-refractivity contribution is -0.191. The Hall–Kier alpha value is -3.69. The van der Waals surface area contributed by atoms with Crippen molar-refractivity contribution in [1.82, 2.24) is 14.9 Å². The molecule has 10 heteroatoms. The molecule has 0 saturated heterocycles. The largest absolute Gasteiger partial charge is 0.413 e. The monoisotopic (exact) mass is 525 g/mol. The van der Waals surface area contributed by atoms with Crippen molar-refractivity contribution in [2.45, 2.75) is 56.7 Å². The number of carbonyl (C=O) groups is 2. The Labute approximate surface area is 218 Å². The van der Waals surface area contributed by atoms with Crippen molar-refractivity contribution in [3.05, 3.63) is 59.9 Å². The third-order valence-corrected chi connectivity index (χ3v) is 7.68. The molecule has 2 aliphatic carbocycles. The topological polar surface area (TPSA) is 101 Å². The first-order chi connectivity index (χ1) is 18.1. The van der Waals surface area contributed by atoms with Crippen LogP contribution in [-0.4, -0.2) is 39.9 Å². The Balaban J connectivity index is 1.35. The van der Waals surface area contributed by atoms with Gasteiger partial charge in [-0.3, -0.25) is 19.6 Å². The lowest BCUT2D eigenvalue weighted by Gasteiger charge is -2.35. The standard InChI is InChI=1S/C28H30F3N5O2/c1-36(27(38)19-8-6-18(7-9-19)26(32)37)25(28(29,30)31)17-10-12-20(13-11-17)35-22-15-34-21-3-2-14-33-24(21)23(22)16-4-5-16/h2-3,10-16,18-19,25,35H,4-9H2,1H3,(H2,32,37)/t18?,19?,25-/m0/s1. The van der Waals surface area contributed by atoms with Crippen molar-refractivity contribution in [1.29, 1.82) is 0 Å². The molecule has 2 amide bonds. The number of hydrogen-bond donors (Lipinski definition) is 2. The van der Waals surface area contributed by atoms with E-state index in [1.165, 1.54) is 19.2 Å². The van der Waals surface area contributed by atoms with Crippen LogP contribution in [0.5, 0.6) is 0 Å². The average Bonchev–Trinajstić information content (AvgIpc) is 3.73. The van der Waals surface area contributed by atoms with E-state index in [9.17, 15) is 22.8 Å². The van der Waals surface area contributed by atoms with Gasteiger partial charge in [0.2, 0.25) is 11.8 Å². The van der Waals surface area contributed by atoms with Gasteiger partial charge in [0, 0.05) is 36.3 Å². The molecule has 0 unspecified atom stereocenters. The van der Waals surface area contributed by atoms with Gasteiger partial charge in [0.05, 0.1) is 22.9 Å². The van der Waals surface area contributed by atoms with Crippen molar-refractivity contribution >= 4 is 34.2 Å². The number of benzene rings is 1.